The van der Waals surface area contributed by atoms with E-state index in [-0.39, 0.29) is 24.7 Å². The van der Waals surface area contributed by atoms with Crippen LogP contribution < -0.4 is 10.5 Å². The van der Waals surface area contributed by atoms with Crippen molar-refractivity contribution in [1.82, 2.24) is 24.5 Å². The van der Waals surface area contributed by atoms with Gasteiger partial charge in [-0.1, -0.05) is 24.3 Å². The second kappa shape index (κ2) is 9.55. The van der Waals surface area contributed by atoms with E-state index in [1.165, 1.54) is 17.2 Å². The molecule has 0 unspecified atom stereocenters. The van der Waals surface area contributed by atoms with E-state index in [1.807, 2.05) is 38.1 Å². The average molecular weight is 515 g/mol. The zero-order valence-corrected chi connectivity index (χ0v) is 20.9. The lowest BCUT2D eigenvalue weighted by Gasteiger charge is -2.30. The smallest absolute Gasteiger partial charge is 0.408 e. The summed E-state index contributed by atoms with van der Waals surface area (Å²) >= 11 is 0. The zero-order chi connectivity index (χ0) is 26.4. The number of fused-ring (bicyclic) bond motifs is 2. The summed E-state index contributed by atoms with van der Waals surface area (Å²) in [5.41, 5.74) is 7.01. The van der Waals surface area contributed by atoms with Crippen LogP contribution in [-0.4, -0.2) is 69.1 Å². The lowest BCUT2D eigenvalue weighted by molar-refractivity contribution is -0.183. The largest absolute Gasteiger partial charge is 0.488 e. The molecule has 37 heavy (non-hydrogen) atoms. The predicted molar refractivity (Wildman–Crippen MR) is 133 cm³/mol. The van der Waals surface area contributed by atoms with E-state index in [0.29, 0.717) is 41.5 Å². The Morgan fingerprint density at radius 1 is 1.11 bits per heavy atom. The minimum absolute atomic E-state index is 0.0989. The van der Waals surface area contributed by atoms with Crippen LogP contribution in [0.1, 0.15) is 31.9 Å². The van der Waals surface area contributed by atoms with E-state index in [2.05, 4.69) is 10.2 Å². The molecule has 1 saturated heterocycles. The molecule has 0 spiro atoms. The van der Waals surface area contributed by atoms with Gasteiger partial charge in [0.15, 0.2) is 11.5 Å². The molecule has 3 aromatic heterocycles. The first kappa shape index (κ1) is 25.4. The Morgan fingerprint density at radius 2 is 1.92 bits per heavy atom. The van der Waals surface area contributed by atoms with Gasteiger partial charge >= 0.3 is 6.18 Å². The van der Waals surface area contributed by atoms with Crippen molar-refractivity contribution in [3.8, 4) is 17.3 Å². The second-order valence-electron chi connectivity index (χ2n) is 9.98. The molecule has 5 rings (SSSR count). The summed E-state index contributed by atoms with van der Waals surface area (Å²) in [6.07, 6.45) is -2.49. The van der Waals surface area contributed by atoms with Gasteiger partial charge in [-0.2, -0.15) is 13.2 Å². The van der Waals surface area contributed by atoms with E-state index >= 15 is 0 Å². The van der Waals surface area contributed by atoms with E-state index < -0.39 is 17.8 Å². The summed E-state index contributed by atoms with van der Waals surface area (Å²) in [6.45, 7) is 4.62. The number of hydrogen-bond donors (Lipinski definition) is 1. The SMILES string of the molecule is COC(C)(C)COc1cccc2ccc(-c3nnc4ccc([C@@H](N5CC[C@H](N)C5)C(F)(F)F)cn34)nc12. The van der Waals surface area contributed by atoms with Crippen LogP contribution in [0.2, 0.25) is 0 Å². The number of para-hydroxylation sites is 1. The molecule has 8 nitrogen and oxygen atoms in total. The molecule has 1 aromatic carbocycles. The molecule has 1 aliphatic heterocycles. The molecule has 0 amide bonds. The van der Waals surface area contributed by atoms with Gasteiger partial charge in [0.25, 0.3) is 0 Å². The Bertz CT molecular complexity index is 1420. The van der Waals surface area contributed by atoms with Crippen molar-refractivity contribution in [2.24, 2.45) is 5.73 Å². The number of likely N-dealkylation sites (tertiary alicyclic amines) is 1. The van der Waals surface area contributed by atoms with Gasteiger partial charge < -0.3 is 15.2 Å². The number of nitrogens with two attached hydrogens (primary N) is 1. The standard InChI is InChI=1S/C26H29F3N6O2/c1-25(2,36-3)15-37-20-6-4-5-16-7-9-19(31-22(16)20)24-33-32-21-10-8-17(13-35(21)24)23(26(27,28)29)34-12-11-18(30)14-34/h4-10,13,18,23H,11-12,14-15,30H2,1-3H3/t18-,23+/m0/s1. The van der Waals surface area contributed by atoms with Gasteiger partial charge in [0.05, 0.1) is 5.60 Å². The highest BCUT2D eigenvalue weighted by atomic mass is 19.4. The van der Waals surface area contributed by atoms with Crippen molar-refractivity contribution < 1.29 is 22.6 Å². The molecule has 0 bridgehead atoms. The molecule has 2 N–H and O–H groups in total. The number of hydrogen-bond acceptors (Lipinski definition) is 7. The van der Waals surface area contributed by atoms with E-state index in [9.17, 15) is 13.2 Å². The zero-order valence-electron chi connectivity index (χ0n) is 20.9. The number of alkyl halides is 3. The number of ether oxygens (including phenoxy) is 2. The van der Waals surface area contributed by atoms with Gasteiger partial charge in [-0.15, -0.1) is 10.2 Å². The molecule has 4 heterocycles. The van der Waals surface area contributed by atoms with E-state index in [0.717, 1.165) is 5.39 Å². The fourth-order valence-corrected chi connectivity index (χ4v) is 4.57. The maximum absolute atomic E-state index is 14.2. The summed E-state index contributed by atoms with van der Waals surface area (Å²) in [7, 11) is 1.62. The van der Waals surface area contributed by atoms with Gasteiger partial charge in [-0.25, -0.2) is 4.98 Å². The molecule has 1 aliphatic rings. The lowest BCUT2D eigenvalue weighted by atomic mass is 10.1. The molecule has 11 heteroatoms. The third-order valence-corrected chi connectivity index (χ3v) is 6.71. The van der Waals surface area contributed by atoms with Crippen molar-refractivity contribution in [3.05, 3.63) is 54.2 Å². The maximum atomic E-state index is 14.2. The van der Waals surface area contributed by atoms with Crippen molar-refractivity contribution in [2.75, 3.05) is 26.8 Å². The quantitative estimate of drug-likeness (QED) is 0.391. The Hall–Kier alpha value is -3.28. The van der Waals surface area contributed by atoms with Gasteiger partial charge in [0.1, 0.15) is 29.6 Å². The van der Waals surface area contributed by atoms with Crippen LogP contribution in [-0.2, 0) is 4.74 Å². The van der Waals surface area contributed by atoms with Crippen LogP contribution in [0, 0.1) is 0 Å². The van der Waals surface area contributed by atoms with E-state index in [1.54, 1.807) is 23.6 Å². The molecule has 0 radical (unpaired) electrons. The highest BCUT2D eigenvalue weighted by Gasteiger charge is 2.46. The van der Waals surface area contributed by atoms with Crippen LogP contribution >= 0.6 is 0 Å². The number of aromatic nitrogens is 4. The third kappa shape index (κ3) is 5.11. The van der Waals surface area contributed by atoms with Crippen molar-refractivity contribution in [2.45, 2.75) is 44.1 Å². The summed E-state index contributed by atoms with van der Waals surface area (Å²) < 4.78 is 55.5. The third-order valence-electron chi connectivity index (χ3n) is 6.71. The number of pyridine rings is 2. The molecule has 4 aromatic rings. The summed E-state index contributed by atoms with van der Waals surface area (Å²) in [6, 6.07) is 10.2. The minimum atomic E-state index is -4.46. The summed E-state index contributed by atoms with van der Waals surface area (Å²) in [4.78, 5) is 6.15. The minimum Gasteiger partial charge on any atom is -0.488 e. The van der Waals surface area contributed by atoms with Crippen LogP contribution in [0.25, 0.3) is 28.1 Å². The predicted octanol–water partition coefficient (Wildman–Crippen LogP) is 4.38. The second-order valence-corrected chi connectivity index (χ2v) is 9.98. The lowest BCUT2D eigenvalue weighted by Crippen LogP contribution is -2.38. The molecular formula is C26H29F3N6O2. The highest BCUT2D eigenvalue weighted by molar-refractivity contribution is 5.86. The molecule has 0 aliphatic carbocycles. The first-order chi connectivity index (χ1) is 17.6. The molecule has 196 valence electrons. The fourth-order valence-electron chi connectivity index (χ4n) is 4.57. The number of benzene rings is 1. The van der Waals surface area contributed by atoms with Crippen molar-refractivity contribution >= 4 is 16.6 Å². The average Bonchev–Trinajstić information content (AvgIpc) is 3.47. The van der Waals surface area contributed by atoms with E-state index in [4.69, 9.17) is 20.2 Å². The van der Waals surface area contributed by atoms with Gasteiger partial charge in [0.2, 0.25) is 0 Å². The number of rotatable bonds is 7. The highest BCUT2D eigenvalue weighted by Crippen LogP contribution is 2.39. The topological polar surface area (TPSA) is 90.8 Å². The van der Waals surface area contributed by atoms with Crippen LogP contribution in [0.4, 0.5) is 13.2 Å². The Balaban J connectivity index is 1.55. The summed E-state index contributed by atoms with van der Waals surface area (Å²) in [5.74, 6) is 0.909. The Morgan fingerprint density at radius 3 is 2.62 bits per heavy atom. The monoisotopic (exact) mass is 514 g/mol. The van der Waals surface area contributed by atoms with Crippen molar-refractivity contribution in [1.29, 1.82) is 0 Å². The number of methoxy groups -OCH3 is 1. The van der Waals surface area contributed by atoms with Crippen LogP contribution in [0.3, 0.4) is 0 Å². The van der Waals surface area contributed by atoms with Gasteiger partial charge in [-0.05, 0) is 44.0 Å². The molecule has 2 atom stereocenters. The van der Waals surface area contributed by atoms with Crippen molar-refractivity contribution in [3.63, 3.8) is 0 Å². The number of halogens is 3. The van der Waals surface area contributed by atoms with Gasteiger partial charge in [-0.3, -0.25) is 9.30 Å². The van der Waals surface area contributed by atoms with Crippen LogP contribution in [0.15, 0.2) is 48.7 Å². The Kier molecular flexibility index (Phi) is 6.55. The van der Waals surface area contributed by atoms with Crippen LogP contribution in [0.5, 0.6) is 5.75 Å². The molecule has 1 fully saturated rings. The fraction of sp³-hybridized carbons (Fsp3) is 0.423. The first-order valence-electron chi connectivity index (χ1n) is 12.0. The number of nitrogens with zero attached hydrogens (tertiary/aromatic N) is 5. The first-order valence-corrected chi connectivity index (χ1v) is 12.0. The summed E-state index contributed by atoms with van der Waals surface area (Å²) in [5, 5.41) is 9.26. The van der Waals surface area contributed by atoms with Gasteiger partial charge in [0, 0.05) is 37.8 Å². The maximum Gasteiger partial charge on any atom is 0.408 e. The molecular weight excluding hydrogens is 485 g/mol. The molecule has 0 saturated carbocycles. The Labute approximate surface area is 212 Å². The normalized spacial score (nSPS) is 18.1.